The highest BCUT2D eigenvalue weighted by Crippen LogP contribution is 2.51. The lowest BCUT2D eigenvalue weighted by atomic mass is 9.79. The van der Waals surface area contributed by atoms with E-state index in [4.69, 9.17) is 4.74 Å². The Morgan fingerprint density at radius 1 is 1.12 bits per heavy atom. The van der Waals surface area contributed by atoms with Crippen molar-refractivity contribution in [2.45, 2.75) is 69.4 Å². The zero-order valence-electron chi connectivity index (χ0n) is 14.9. The number of likely N-dealkylation sites (tertiary alicyclic amines) is 1. The van der Waals surface area contributed by atoms with Gasteiger partial charge in [-0.15, -0.1) is 0 Å². The van der Waals surface area contributed by atoms with Crippen molar-refractivity contribution in [1.82, 2.24) is 9.80 Å². The zero-order chi connectivity index (χ0) is 16.9. The number of fused-ring (bicyclic) bond motifs is 2. The summed E-state index contributed by atoms with van der Waals surface area (Å²) in [6.45, 7) is 3.08. The minimum Gasteiger partial charge on any atom is -0.350 e. The van der Waals surface area contributed by atoms with E-state index in [-0.39, 0.29) is 5.72 Å². The monoisotopic (exact) mass is 340 g/mol. The van der Waals surface area contributed by atoms with E-state index in [0.29, 0.717) is 30.4 Å². The van der Waals surface area contributed by atoms with Crippen molar-refractivity contribution in [3.8, 4) is 0 Å². The molecule has 4 atom stereocenters. The molecule has 4 heteroatoms. The highest BCUT2D eigenvalue weighted by atomic mass is 16.5. The Hall–Kier alpha value is -1.39. The van der Waals surface area contributed by atoms with Gasteiger partial charge in [-0.25, -0.2) is 0 Å². The average molecular weight is 340 g/mol. The Bertz CT molecular complexity index is 649. The number of nitrogens with zero attached hydrogens (tertiary/aromatic N) is 2. The minimum absolute atomic E-state index is 0.289. The van der Waals surface area contributed by atoms with Crippen LogP contribution >= 0.6 is 0 Å². The second kappa shape index (κ2) is 6.10. The van der Waals surface area contributed by atoms with Gasteiger partial charge in [0, 0.05) is 38.4 Å². The van der Waals surface area contributed by atoms with Crippen molar-refractivity contribution in [3.05, 3.63) is 35.9 Å². The van der Waals surface area contributed by atoms with E-state index in [1.54, 1.807) is 0 Å². The summed E-state index contributed by atoms with van der Waals surface area (Å²) < 4.78 is 6.71. The summed E-state index contributed by atoms with van der Waals surface area (Å²) in [5.74, 6) is 0.815. The Labute approximate surface area is 150 Å². The molecule has 1 spiro atoms. The molecule has 4 aliphatic rings. The zero-order valence-corrected chi connectivity index (χ0v) is 14.9. The van der Waals surface area contributed by atoms with Crippen LogP contribution in [0.25, 0.3) is 0 Å². The molecule has 0 bridgehead atoms. The fraction of sp³-hybridized carbons (Fsp3) is 0.667. The molecule has 3 heterocycles. The first kappa shape index (κ1) is 15.8. The summed E-state index contributed by atoms with van der Waals surface area (Å²) in [4.78, 5) is 17.6. The molecule has 5 rings (SSSR count). The van der Waals surface area contributed by atoms with E-state index in [9.17, 15) is 4.79 Å². The van der Waals surface area contributed by atoms with Gasteiger partial charge < -0.3 is 9.64 Å². The Kier molecular flexibility index (Phi) is 3.86. The number of carbonyl (C=O) groups excluding carboxylic acids is 1. The summed E-state index contributed by atoms with van der Waals surface area (Å²) in [5, 5.41) is 0. The van der Waals surface area contributed by atoms with Crippen LogP contribution in [0.3, 0.4) is 0 Å². The number of hydrogen-bond acceptors (Lipinski definition) is 3. The number of carbonyl (C=O) groups is 1. The van der Waals surface area contributed by atoms with E-state index in [0.717, 1.165) is 45.3 Å². The van der Waals surface area contributed by atoms with Crippen LogP contribution in [0.4, 0.5) is 0 Å². The predicted octanol–water partition coefficient (Wildman–Crippen LogP) is 3.17. The highest BCUT2D eigenvalue weighted by Gasteiger charge is 2.61. The molecule has 0 unspecified atom stereocenters. The van der Waals surface area contributed by atoms with Crippen LogP contribution in [-0.2, 0) is 16.1 Å². The van der Waals surface area contributed by atoms with Crippen molar-refractivity contribution >= 4 is 5.91 Å². The summed E-state index contributed by atoms with van der Waals surface area (Å²) in [6, 6.07) is 11.1. The molecule has 3 aliphatic heterocycles. The molecular formula is C21H28N2O2. The average Bonchev–Trinajstić information content (AvgIpc) is 2.98. The van der Waals surface area contributed by atoms with Gasteiger partial charge in [0.1, 0.15) is 5.72 Å². The van der Waals surface area contributed by atoms with Crippen LogP contribution in [0.1, 0.15) is 50.5 Å². The predicted molar refractivity (Wildman–Crippen MR) is 95.8 cm³/mol. The summed E-state index contributed by atoms with van der Waals surface area (Å²) in [5.41, 5.74) is 1.09. The Balaban J connectivity index is 1.37. The van der Waals surface area contributed by atoms with Crippen molar-refractivity contribution in [3.63, 3.8) is 0 Å². The molecule has 1 aliphatic carbocycles. The van der Waals surface area contributed by atoms with Crippen LogP contribution in [0.2, 0.25) is 0 Å². The van der Waals surface area contributed by atoms with Crippen LogP contribution in [0, 0.1) is 5.92 Å². The lowest BCUT2D eigenvalue weighted by molar-refractivity contribution is -0.198. The third-order valence-corrected chi connectivity index (χ3v) is 6.89. The molecule has 4 fully saturated rings. The van der Waals surface area contributed by atoms with Gasteiger partial charge in [0.25, 0.3) is 0 Å². The number of amides is 1. The van der Waals surface area contributed by atoms with Gasteiger partial charge in [-0.05, 0) is 24.8 Å². The maximum Gasteiger partial charge on any atom is 0.225 e. The third kappa shape index (κ3) is 2.53. The second-order valence-corrected chi connectivity index (χ2v) is 8.32. The van der Waals surface area contributed by atoms with Gasteiger partial charge >= 0.3 is 0 Å². The minimum atomic E-state index is -0.289. The van der Waals surface area contributed by atoms with E-state index < -0.39 is 0 Å². The van der Waals surface area contributed by atoms with Crippen molar-refractivity contribution < 1.29 is 9.53 Å². The molecule has 1 amide bonds. The largest absolute Gasteiger partial charge is 0.350 e. The molecule has 0 N–H and O–H groups in total. The fourth-order valence-corrected chi connectivity index (χ4v) is 5.77. The van der Waals surface area contributed by atoms with E-state index in [1.807, 2.05) is 0 Å². The molecule has 4 nitrogen and oxygen atoms in total. The van der Waals surface area contributed by atoms with Gasteiger partial charge in [-0.1, -0.05) is 43.2 Å². The van der Waals surface area contributed by atoms with Crippen molar-refractivity contribution in [1.29, 1.82) is 0 Å². The maximum atomic E-state index is 12.8. The normalized spacial score (nSPS) is 38.2. The Morgan fingerprint density at radius 2 is 1.96 bits per heavy atom. The van der Waals surface area contributed by atoms with Gasteiger partial charge in [-0.2, -0.15) is 0 Å². The summed E-state index contributed by atoms with van der Waals surface area (Å²) in [7, 11) is 0. The van der Waals surface area contributed by atoms with E-state index >= 15 is 0 Å². The number of piperidine rings is 2. The molecule has 1 saturated carbocycles. The first-order valence-corrected chi connectivity index (χ1v) is 10.0. The van der Waals surface area contributed by atoms with Gasteiger partial charge in [0.2, 0.25) is 5.91 Å². The maximum absolute atomic E-state index is 12.8. The molecule has 1 aromatic rings. The smallest absolute Gasteiger partial charge is 0.225 e. The van der Waals surface area contributed by atoms with Gasteiger partial charge in [0.15, 0.2) is 0 Å². The quantitative estimate of drug-likeness (QED) is 0.829. The highest BCUT2D eigenvalue weighted by molar-refractivity contribution is 5.79. The summed E-state index contributed by atoms with van der Waals surface area (Å²) in [6.07, 6.45) is 7.73. The number of benzene rings is 1. The van der Waals surface area contributed by atoms with Gasteiger partial charge in [0.05, 0.1) is 12.1 Å². The first-order chi connectivity index (χ1) is 12.3. The van der Waals surface area contributed by atoms with Crippen LogP contribution in [0.5, 0.6) is 0 Å². The van der Waals surface area contributed by atoms with Crippen LogP contribution < -0.4 is 0 Å². The number of hydrogen-bond donors (Lipinski definition) is 0. The molecule has 0 aromatic heterocycles. The van der Waals surface area contributed by atoms with E-state index in [2.05, 4.69) is 40.1 Å². The molecule has 134 valence electrons. The summed E-state index contributed by atoms with van der Waals surface area (Å²) >= 11 is 0. The molecule has 3 saturated heterocycles. The molecule has 25 heavy (non-hydrogen) atoms. The molecule has 0 radical (unpaired) electrons. The third-order valence-electron chi connectivity index (χ3n) is 6.89. The van der Waals surface area contributed by atoms with Crippen molar-refractivity contribution in [2.24, 2.45) is 5.92 Å². The fourth-order valence-electron chi connectivity index (χ4n) is 5.77. The molecule has 1 aromatic carbocycles. The lowest BCUT2D eigenvalue weighted by Crippen LogP contribution is -2.64. The van der Waals surface area contributed by atoms with Crippen LogP contribution in [-0.4, -0.2) is 46.7 Å². The standard InChI is InChI=1S/C21H28N2O2/c24-20-11-10-17-15-22(14-16-6-2-1-3-7-16)13-12-21(17)23(20)18-8-4-5-9-19(18)25-21/h1-3,6-7,17-19H,4-5,8-15H2/t17-,18+,19+,21-/m0/s1. The lowest BCUT2D eigenvalue weighted by Gasteiger charge is -2.52. The van der Waals surface area contributed by atoms with E-state index in [1.165, 1.54) is 18.4 Å². The van der Waals surface area contributed by atoms with Crippen LogP contribution in [0.15, 0.2) is 30.3 Å². The number of rotatable bonds is 2. The van der Waals surface area contributed by atoms with Crippen molar-refractivity contribution in [2.75, 3.05) is 13.1 Å². The second-order valence-electron chi connectivity index (χ2n) is 8.32. The number of ether oxygens (including phenoxy) is 1. The SMILES string of the molecule is O=C1CC[C@H]2CN(Cc3ccccc3)CC[C@]23O[C@@H]2CCCC[C@H]2N13. The topological polar surface area (TPSA) is 32.8 Å². The Morgan fingerprint density at radius 3 is 2.84 bits per heavy atom. The van der Waals surface area contributed by atoms with Gasteiger partial charge in [-0.3, -0.25) is 9.69 Å². The first-order valence-electron chi connectivity index (χ1n) is 10.0. The molecular weight excluding hydrogens is 312 g/mol.